The molecule has 0 saturated heterocycles. The molecule has 0 bridgehead atoms. The zero-order valence-corrected chi connectivity index (χ0v) is 12.0. The summed E-state index contributed by atoms with van der Waals surface area (Å²) in [5.41, 5.74) is 7.77. The number of hydrogen-bond acceptors (Lipinski definition) is 4. The Morgan fingerprint density at radius 2 is 2.24 bits per heavy atom. The molecule has 1 aliphatic carbocycles. The van der Waals surface area contributed by atoms with Gasteiger partial charge in [0.1, 0.15) is 5.52 Å². The highest BCUT2D eigenvalue weighted by atomic mass is 16.1. The fourth-order valence-corrected chi connectivity index (χ4v) is 2.92. The summed E-state index contributed by atoms with van der Waals surface area (Å²) < 4.78 is 1.88. The molecule has 1 amide bonds. The lowest BCUT2D eigenvalue weighted by Crippen LogP contribution is -2.31. The summed E-state index contributed by atoms with van der Waals surface area (Å²) in [5.74, 6) is 0.249. The number of amides is 1. The van der Waals surface area contributed by atoms with Gasteiger partial charge in [0.15, 0.2) is 0 Å². The first-order valence-corrected chi connectivity index (χ1v) is 7.55. The van der Waals surface area contributed by atoms with Crippen molar-refractivity contribution in [3.05, 3.63) is 24.3 Å². The molecular formula is C15H21N5O. The zero-order valence-electron chi connectivity index (χ0n) is 12.0. The highest BCUT2D eigenvalue weighted by molar-refractivity contribution is 5.79. The number of aromatic nitrogens is 3. The second-order valence-electron chi connectivity index (χ2n) is 5.72. The van der Waals surface area contributed by atoms with Crippen LogP contribution in [0.1, 0.15) is 25.7 Å². The molecular weight excluding hydrogens is 266 g/mol. The predicted molar refractivity (Wildman–Crippen MR) is 80.5 cm³/mol. The number of carbonyl (C=O) groups is 1. The molecule has 1 saturated carbocycles. The van der Waals surface area contributed by atoms with Crippen molar-refractivity contribution in [3.63, 3.8) is 0 Å². The molecule has 1 aliphatic rings. The van der Waals surface area contributed by atoms with Crippen molar-refractivity contribution in [2.45, 2.75) is 38.3 Å². The Morgan fingerprint density at radius 3 is 3.05 bits per heavy atom. The summed E-state index contributed by atoms with van der Waals surface area (Å²) in [6.45, 7) is 1.42. The monoisotopic (exact) mass is 287 g/mol. The third-order valence-electron chi connectivity index (χ3n) is 4.11. The van der Waals surface area contributed by atoms with E-state index >= 15 is 0 Å². The van der Waals surface area contributed by atoms with Gasteiger partial charge < -0.3 is 11.1 Å². The predicted octanol–water partition coefficient (Wildman–Crippen LogP) is 1.06. The van der Waals surface area contributed by atoms with E-state index in [2.05, 4.69) is 15.6 Å². The van der Waals surface area contributed by atoms with E-state index in [9.17, 15) is 4.79 Å². The Balaban J connectivity index is 1.45. The molecule has 0 unspecified atom stereocenters. The van der Waals surface area contributed by atoms with Crippen LogP contribution in [0.2, 0.25) is 0 Å². The smallest absolute Gasteiger partial charge is 0.223 e. The molecule has 112 valence electrons. The van der Waals surface area contributed by atoms with E-state index in [1.807, 2.05) is 28.9 Å². The summed E-state index contributed by atoms with van der Waals surface area (Å²) in [5, 5.41) is 11.3. The standard InChI is InChI=1S/C15H21N5O/c16-12-7-6-11(10-12)15(21)17-8-3-9-20-14-5-2-1-4-13(14)18-19-20/h1-2,4-5,11-12H,3,6-10,16H2,(H,17,21)/t11-,12+/m1/s1. The number of nitrogens with zero attached hydrogens (tertiary/aromatic N) is 3. The van der Waals surface area contributed by atoms with Crippen molar-refractivity contribution in [3.8, 4) is 0 Å². The largest absolute Gasteiger partial charge is 0.356 e. The molecule has 3 rings (SSSR count). The fourth-order valence-electron chi connectivity index (χ4n) is 2.92. The van der Waals surface area contributed by atoms with Gasteiger partial charge in [-0.3, -0.25) is 4.79 Å². The molecule has 1 aromatic heterocycles. The van der Waals surface area contributed by atoms with Crippen LogP contribution in [0, 0.1) is 5.92 Å². The first kappa shape index (κ1) is 14.0. The van der Waals surface area contributed by atoms with Crippen LogP contribution < -0.4 is 11.1 Å². The zero-order chi connectivity index (χ0) is 14.7. The molecule has 21 heavy (non-hydrogen) atoms. The molecule has 6 nitrogen and oxygen atoms in total. The summed E-state index contributed by atoms with van der Waals surface area (Å²) in [6, 6.07) is 8.08. The minimum atomic E-state index is 0.104. The molecule has 1 heterocycles. The number of para-hydroxylation sites is 1. The maximum absolute atomic E-state index is 12.0. The number of benzene rings is 1. The third kappa shape index (κ3) is 3.21. The van der Waals surface area contributed by atoms with Crippen LogP contribution in [0.4, 0.5) is 0 Å². The van der Waals surface area contributed by atoms with E-state index in [0.29, 0.717) is 6.54 Å². The molecule has 1 aromatic carbocycles. The van der Waals surface area contributed by atoms with Gasteiger partial charge in [-0.1, -0.05) is 17.3 Å². The lowest BCUT2D eigenvalue weighted by molar-refractivity contribution is -0.124. The number of aryl methyl sites for hydroxylation is 1. The third-order valence-corrected chi connectivity index (χ3v) is 4.11. The lowest BCUT2D eigenvalue weighted by atomic mass is 10.1. The molecule has 0 radical (unpaired) electrons. The van der Waals surface area contributed by atoms with Gasteiger partial charge in [-0.15, -0.1) is 5.10 Å². The first-order valence-electron chi connectivity index (χ1n) is 7.55. The van der Waals surface area contributed by atoms with Gasteiger partial charge in [0, 0.05) is 25.0 Å². The lowest BCUT2D eigenvalue weighted by Gasteiger charge is -2.10. The maximum atomic E-state index is 12.0. The SMILES string of the molecule is N[C@H]1CC[C@@H](C(=O)NCCCn2nnc3ccccc32)C1. The summed E-state index contributed by atoms with van der Waals surface area (Å²) in [4.78, 5) is 12.0. The van der Waals surface area contributed by atoms with Crippen LogP contribution in [0.25, 0.3) is 11.0 Å². The molecule has 2 aromatic rings. The van der Waals surface area contributed by atoms with Gasteiger partial charge in [-0.25, -0.2) is 4.68 Å². The number of rotatable bonds is 5. The van der Waals surface area contributed by atoms with E-state index in [0.717, 1.165) is 43.3 Å². The Morgan fingerprint density at radius 1 is 1.38 bits per heavy atom. The van der Waals surface area contributed by atoms with E-state index in [1.54, 1.807) is 0 Å². The molecule has 1 fully saturated rings. The van der Waals surface area contributed by atoms with Crippen LogP contribution in [0.15, 0.2) is 24.3 Å². The number of carbonyl (C=O) groups excluding carboxylic acids is 1. The van der Waals surface area contributed by atoms with E-state index in [-0.39, 0.29) is 17.9 Å². The van der Waals surface area contributed by atoms with Gasteiger partial charge in [0.2, 0.25) is 5.91 Å². The second kappa shape index (κ2) is 6.22. The Kier molecular flexibility index (Phi) is 4.15. The average Bonchev–Trinajstić information content (AvgIpc) is 3.10. The van der Waals surface area contributed by atoms with E-state index in [4.69, 9.17) is 5.73 Å². The molecule has 0 spiro atoms. The Hall–Kier alpha value is -1.95. The van der Waals surface area contributed by atoms with Crippen molar-refractivity contribution in [1.82, 2.24) is 20.3 Å². The van der Waals surface area contributed by atoms with E-state index < -0.39 is 0 Å². The summed E-state index contributed by atoms with van der Waals surface area (Å²) in [6.07, 6.45) is 3.54. The topological polar surface area (TPSA) is 85.8 Å². The summed E-state index contributed by atoms with van der Waals surface area (Å²) in [7, 11) is 0. The van der Waals surface area contributed by atoms with E-state index in [1.165, 1.54) is 0 Å². The highest BCUT2D eigenvalue weighted by Gasteiger charge is 2.27. The average molecular weight is 287 g/mol. The fraction of sp³-hybridized carbons (Fsp3) is 0.533. The Labute approximate surface area is 123 Å². The quantitative estimate of drug-likeness (QED) is 0.805. The van der Waals surface area contributed by atoms with Gasteiger partial charge in [-0.2, -0.15) is 0 Å². The van der Waals surface area contributed by atoms with Crippen molar-refractivity contribution in [2.75, 3.05) is 6.54 Å². The normalized spacial score (nSPS) is 21.8. The van der Waals surface area contributed by atoms with Crippen LogP contribution in [-0.4, -0.2) is 33.5 Å². The van der Waals surface area contributed by atoms with Crippen LogP contribution in [0.3, 0.4) is 0 Å². The Bertz CT molecular complexity index is 623. The van der Waals surface area contributed by atoms with Crippen LogP contribution in [0.5, 0.6) is 0 Å². The van der Waals surface area contributed by atoms with Crippen molar-refractivity contribution < 1.29 is 4.79 Å². The highest BCUT2D eigenvalue weighted by Crippen LogP contribution is 2.23. The van der Waals surface area contributed by atoms with Crippen molar-refractivity contribution in [1.29, 1.82) is 0 Å². The van der Waals surface area contributed by atoms with Gasteiger partial charge in [0.05, 0.1) is 5.52 Å². The molecule has 2 atom stereocenters. The number of fused-ring (bicyclic) bond motifs is 1. The minimum Gasteiger partial charge on any atom is -0.356 e. The molecule has 3 N–H and O–H groups in total. The van der Waals surface area contributed by atoms with Crippen molar-refractivity contribution in [2.24, 2.45) is 11.7 Å². The first-order chi connectivity index (χ1) is 10.2. The molecule has 6 heteroatoms. The van der Waals surface area contributed by atoms with Crippen LogP contribution >= 0.6 is 0 Å². The van der Waals surface area contributed by atoms with Crippen molar-refractivity contribution >= 4 is 16.9 Å². The number of nitrogens with one attached hydrogen (secondary N) is 1. The number of hydrogen-bond donors (Lipinski definition) is 2. The van der Waals surface area contributed by atoms with Gasteiger partial charge in [-0.05, 0) is 37.8 Å². The van der Waals surface area contributed by atoms with Gasteiger partial charge >= 0.3 is 0 Å². The van der Waals surface area contributed by atoms with Crippen LogP contribution in [-0.2, 0) is 11.3 Å². The number of nitrogens with two attached hydrogens (primary N) is 1. The summed E-state index contributed by atoms with van der Waals surface area (Å²) >= 11 is 0. The molecule has 0 aliphatic heterocycles. The van der Waals surface area contributed by atoms with Gasteiger partial charge in [0.25, 0.3) is 0 Å². The maximum Gasteiger partial charge on any atom is 0.223 e. The second-order valence-corrected chi connectivity index (χ2v) is 5.72. The minimum absolute atomic E-state index is 0.104.